The molecule has 24 heavy (non-hydrogen) atoms. The number of ether oxygens (including phenoxy) is 2. The van der Waals surface area contributed by atoms with Gasteiger partial charge in [0.05, 0.1) is 18.6 Å². The number of phenolic OH excluding ortho intramolecular Hbond substituents is 1. The zero-order valence-electron chi connectivity index (χ0n) is 13.3. The fourth-order valence-electron chi connectivity index (χ4n) is 1.96. The number of thioether (sulfide) groups is 1. The van der Waals surface area contributed by atoms with Crippen molar-refractivity contribution in [1.29, 1.82) is 0 Å². The molecule has 1 amide bonds. The molecule has 0 saturated carbocycles. The molecular formula is C16H17NO5S2. The standard InChI is InChI=1S/C16H17NO5S2/c1-3-6-22-14(19)9-17-15(20)13(24-16(17)23)8-10-4-5-11(18)12(7-10)21-2/h4-5,7-8,18H,3,6,9H2,1-2H3. The SMILES string of the molecule is CCCOC(=O)CN1C(=O)C(=Cc2ccc(O)c(OC)c2)SC1=S. The quantitative estimate of drug-likeness (QED) is 0.470. The fourth-order valence-corrected chi connectivity index (χ4v) is 3.22. The van der Waals surface area contributed by atoms with Gasteiger partial charge in [0, 0.05) is 0 Å². The van der Waals surface area contributed by atoms with Crippen molar-refractivity contribution in [3.8, 4) is 11.5 Å². The summed E-state index contributed by atoms with van der Waals surface area (Å²) in [5, 5.41) is 9.60. The van der Waals surface area contributed by atoms with E-state index in [-0.39, 0.29) is 18.2 Å². The molecule has 0 bridgehead atoms. The highest BCUT2D eigenvalue weighted by atomic mass is 32.2. The Labute approximate surface area is 149 Å². The topological polar surface area (TPSA) is 76.1 Å². The molecule has 1 aromatic rings. The summed E-state index contributed by atoms with van der Waals surface area (Å²) in [7, 11) is 1.44. The van der Waals surface area contributed by atoms with Crippen LogP contribution in [0.4, 0.5) is 0 Å². The number of carbonyl (C=O) groups excluding carboxylic acids is 2. The van der Waals surface area contributed by atoms with Crippen molar-refractivity contribution in [1.82, 2.24) is 4.90 Å². The van der Waals surface area contributed by atoms with Gasteiger partial charge in [0.2, 0.25) is 0 Å². The molecule has 6 nitrogen and oxygen atoms in total. The highest BCUT2D eigenvalue weighted by Crippen LogP contribution is 2.34. The van der Waals surface area contributed by atoms with E-state index >= 15 is 0 Å². The van der Waals surface area contributed by atoms with Crippen LogP contribution in [-0.4, -0.2) is 46.5 Å². The molecular weight excluding hydrogens is 350 g/mol. The van der Waals surface area contributed by atoms with Gasteiger partial charge < -0.3 is 14.6 Å². The second-order valence-corrected chi connectivity index (χ2v) is 6.60. The van der Waals surface area contributed by atoms with Crippen molar-refractivity contribution < 1.29 is 24.2 Å². The third kappa shape index (κ3) is 4.27. The van der Waals surface area contributed by atoms with Crippen molar-refractivity contribution >= 4 is 46.3 Å². The lowest BCUT2D eigenvalue weighted by atomic mass is 10.2. The molecule has 1 aromatic carbocycles. The zero-order chi connectivity index (χ0) is 17.7. The maximum absolute atomic E-state index is 12.4. The van der Waals surface area contributed by atoms with E-state index in [1.165, 1.54) is 18.1 Å². The third-order valence-electron chi connectivity index (χ3n) is 3.13. The molecule has 0 aromatic heterocycles. The van der Waals surface area contributed by atoms with Crippen LogP contribution in [0.5, 0.6) is 11.5 Å². The molecule has 1 aliphatic heterocycles. The highest BCUT2D eigenvalue weighted by Gasteiger charge is 2.33. The number of benzene rings is 1. The van der Waals surface area contributed by atoms with Gasteiger partial charge in [-0.15, -0.1) is 0 Å². The van der Waals surface area contributed by atoms with Crippen LogP contribution in [-0.2, 0) is 14.3 Å². The van der Waals surface area contributed by atoms with E-state index in [0.717, 1.165) is 11.8 Å². The van der Waals surface area contributed by atoms with E-state index in [0.29, 0.717) is 33.6 Å². The number of esters is 1. The average molecular weight is 367 g/mol. The minimum absolute atomic E-state index is 0.0147. The number of hydrogen-bond acceptors (Lipinski definition) is 7. The summed E-state index contributed by atoms with van der Waals surface area (Å²) >= 11 is 6.28. The lowest BCUT2D eigenvalue weighted by Crippen LogP contribution is -2.34. The third-order valence-corrected chi connectivity index (χ3v) is 4.51. The summed E-state index contributed by atoms with van der Waals surface area (Å²) in [4.78, 5) is 25.7. The Morgan fingerprint density at radius 1 is 1.46 bits per heavy atom. The Kier molecular flexibility index (Phi) is 6.22. The average Bonchev–Trinajstić information content (AvgIpc) is 2.82. The first kappa shape index (κ1) is 18.3. The zero-order valence-corrected chi connectivity index (χ0v) is 14.9. The Bertz CT molecular complexity index is 702. The Balaban J connectivity index is 2.14. The summed E-state index contributed by atoms with van der Waals surface area (Å²) in [6.45, 7) is 2.01. The van der Waals surface area contributed by atoms with Crippen LogP contribution in [0.2, 0.25) is 0 Å². The molecule has 128 valence electrons. The maximum Gasteiger partial charge on any atom is 0.326 e. The molecule has 1 fully saturated rings. The van der Waals surface area contributed by atoms with E-state index in [2.05, 4.69) is 0 Å². The minimum Gasteiger partial charge on any atom is -0.504 e. The molecule has 0 atom stereocenters. The van der Waals surface area contributed by atoms with Crippen molar-refractivity contribution in [2.75, 3.05) is 20.3 Å². The van der Waals surface area contributed by atoms with Gasteiger partial charge in [-0.05, 0) is 30.2 Å². The highest BCUT2D eigenvalue weighted by molar-refractivity contribution is 8.26. The Morgan fingerprint density at radius 3 is 2.88 bits per heavy atom. The van der Waals surface area contributed by atoms with Crippen LogP contribution in [0.25, 0.3) is 6.08 Å². The van der Waals surface area contributed by atoms with E-state index in [9.17, 15) is 14.7 Å². The van der Waals surface area contributed by atoms with Gasteiger partial charge in [0.1, 0.15) is 10.9 Å². The van der Waals surface area contributed by atoms with Crippen molar-refractivity contribution in [3.05, 3.63) is 28.7 Å². The smallest absolute Gasteiger partial charge is 0.326 e. The molecule has 8 heteroatoms. The number of methoxy groups -OCH3 is 1. The molecule has 1 N–H and O–H groups in total. The van der Waals surface area contributed by atoms with Gasteiger partial charge in [0.25, 0.3) is 5.91 Å². The van der Waals surface area contributed by atoms with Gasteiger partial charge >= 0.3 is 5.97 Å². The fraction of sp³-hybridized carbons (Fsp3) is 0.312. The number of nitrogens with zero attached hydrogens (tertiary/aromatic N) is 1. The first-order chi connectivity index (χ1) is 11.5. The molecule has 0 unspecified atom stereocenters. The molecule has 0 spiro atoms. The number of hydrogen-bond donors (Lipinski definition) is 1. The molecule has 0 radical (unpaired) electrons. The summed E-state index contributed by atoms with van der Waals surface area (Å²) in [5.74, 6) is -0.505. The number of amides is 1. The van der Waals surface area contributed by atoms with Crippen molar-refractivity contribution in [2.24, 2.45) is 0 Å². The normalized spacial score (nSPS) is 15.9. The predicted molar refractivity (Wildman–Crippen MR) is 95.8 cm³/mol. The first-order valence-corrected chi connectivity index (χ1v) is 8.46. The largest absolute Gasteiger partial charge is 0.504 e. The number of carbonyl (C=O) groups is 2. The minimum atomic E-state index is -0.485. The number of rotatable bonds is 6. The second kappa shape index (κ2) is 8.16. The Hall–Kier alpha value is -2.06. The maximum atomic E-state index is 12.4. The summed E-state index contributed by atoms with van der Waals surface area (Å²) in [6.07, 6.45) is 2.35. The van der Waals surface area contributed by atoms with Gasteiger partial charge in [-0.2, -0.15) is 0 Å². The van der Waals surface area contributed by atoms with Gasteiger partial charge in [-0.1, -0.05) is 37.0 Å². The van der Waals surface area contributed by atoms with Crippen LogP contribution in [0.3, 0.4) is 0 Å². The van der Waals surface area contributed by atoms with Crippen LogP contribution < -0.4 is 4.74 Å². The van der Waals surface area contributed by atoms with Crippen molar-refractivity contribution in [3.63, 3.8) is 0 Å². The van der Waals surface area contributed by atoms with E-state index in [4.69, 9.17) is 21.7 Å². The number of aromatic hydroxyl groups is 1. The number of thiocarbonyl (C=S) groups is 1. The van der Waals surface area contributed by atoms with Crippen LogP contribution >= 0.6 is 24.0 Å². The second-order valence-electron chi connectivity index (χ2n) is 4.92. The summed E-state index contributed by atoms with van der Waals surface area (Å²) in [6, 6.07) is 4.74. The summed E-state index contributed by atoms with van der Waals surface area (Å²) < 4.78 is 10.3. The van der Waals surface area contributed by atoms with Gasteiger partial charge in [0.15, 0.2) is 11.5 Å². The predicted octanol–water partition coefficient (Wildman–Crippen LogP) is 2.56. The molecule has 0 aliphatic carbocycles. The molecule has 2 rings (SSSR count). The van der Waals surface area contributed by atoms with Crippen LogP contribution in [0, 0.1) is 0 Å². The van der Waals surface area contributed by atoms with Crippen LogP contribution in [0.15, 0.2) is 23.1 Å². The van der Waals surface area contributed by atoms with Crippen LogP contribution in [0.1, 0.15) is 18.9 Å². The monoisotopic (exact) mass is 367 g/mol. The van der Waals surface area contributed by atoms with E-state index < -0.39 is 5.97 Å². The van der Waals surface area contributed by atoms with Crippen molar-refractivity contribution in [2.45, 2.75) is 13.3 Å². The molecule has 1 aliphatic rings. The molecule has 1 heterocycles. The van der Waals surface area contributed by atoms with Gasteiger partial charge in [-0.25, -0.2) is 0 Å². The summed E-state index contributed by atoms with van der Waals surface area (Å²) in [5.41, 5.74) is 0.679. The lowest BCUT2D eigenvalue weighted by molar-refractivity contribution is -0.146. The number of phenols is 1. The van der Waals surface area contributed by atoms with E-state index in [1.54, 1.807) is 18.2 Å². The van der Waals surface area contributed by atoms with Gasteiger partial charge in [-0.3, -0.25) is 14.5 Å². The molecule has 1 saturated heterocycles. The Morgan fingerprint density at radius 2 is 2.21 bits per heavy atom. The first-order valence-electron chi connectivity index (χ1n) is 7.24. The van der Waals surface area contributed by atoms with E-state index in [1.807, 2.05) is 6.92 Å². The lowest BCUT2D eigenvalue weighted by Gasteiger charge is -2.13.